The summed E-state index contributed by atoms with van der Waals surface area (Å²) in [5.41, 5.74) is 0.185. The molecule has 1 amide bonds. The van der Waals surface area contributed by atoms with E-state index in [0.29, 0.717) is 12.2 Å². The highest BCUT2D eigenvalue weighted by atomic mass is 32.2. The lowest BCUT2D eigenvalue weighted by Gasteiger charge is -2.42. The number of non-ortho nitro benzene ring substituents is 1. The van der Waals surface area contributed by atoms with Gasteiger partial charge in [0, 0.05) is 24.1 Å². The fourth-order valence-electron chi connectivity index (χ4n) is 4.27. The van der Waals surface area contributed by atoms with Crippen LogP contribution in [0.2, 0.25) is 0 Å². The van der Waals surface area contributed by atoms with E-state index in [0.717, 1.165) is 35.0 Å². The number of sulfonamides is 1. The average molecular weight is 476 g/mol. The van der Waals surface area contributed by atoms with E-state index in [1.54, 1.807) is 0 Å². The van der Waals surface area contributed by atoms with Gasteiger partial charge < -0.3 is 10.1 Å². The van der Waals surface area contributed by atoms with Crippen LogP contribution in [0.4, 0.5) is 11.4 Å². The highest BCUT2D eigenvalue weighted by Crippen LogP contribution is 2.42. The zero-order valence-electron chi connectivity index (χ0n) is 19.1. The number of anilines is 1. The van der Waals surface area contributed by atoms with Crippen LogP contribution >= 0.6 is 0 Å². The monoisotopic (exact) mass is 475 g/mol. The molecule has 0 spiro atoms. The maximum Gasteiger partial charge on any atom is 0.271 e. The summed E-state index contributed by atoms with van der Waals surface area (Å²) in [6, 6.07) is 11.2. The molecule has 0 fully saturated rings. The van der Waals surface area contributed by atoms with Crippen molar-refractivity contribution in [2.75, 3.05) is 10.6 Å². The van der Waals surface area contributed by atoms with Crippen molar-refractivity contribution < 1.29 is 22.9 Å². The van der Waals surface area contributed by atoms with Crippen LogP contribution in [-0.2, 0) is 14.8 Å². The Labute approximate surface area is 193 Å². The Bertz CT molecular complexity index is 1150. The van der Waals surface area contributed by atoms with Crippen LogP contribution in [0, 0.1) is 10.1 Å². The molecule has 3 rings (SSSR count). The molecule has 33 heavy (non-hydrogen) atoms. The molecule has 2 aromatic carbocycles. The summed E-state index contributed by atoms with van der Waals surface area (Å²) in [5, 5.41) is 14.2. The number of ether oxygens (including phenoxy) is 1. The predicted molar refractivity (Wildman–Crippen MR) is 126 cm³/mol. The molecule has 9 nitrogen and oxygen atoms in total. The van der Waals surface area contributed by atoms with Crippen molar-refractivity contribution in [3.8, 4) is 5.75 Å². The second-order valence-electron chi connectivity index (χ2n) is 8.31. The summed E-state index contributed by atoms with van der Waals surface area (Å²) in [6.07, 6.45) is 3.02. The number of hydrogen-bond donors (Lipinski definition) is 1. The Balaban J connectivity index is 1.93. The number of carbonyl (C=O) groups excluding carboxylic acids is 1. The quantitative estimate of drug-likeness (QED) is 0.456. The van der Waals surface area contributed by atoms with Crippen molar-refractivity contribution in [1.82, 2.24) is 5.32 Å². The van der Waals surface area contributed by atoms with Gasteiger partial charge in [-0.05, 0) is 31.9 Å². The Morgan fingerprint density at radius 3 is 2.52 bits per heavy atom. The summed E-state index contributed by atoms with van der Waals surface area (Å²) >= 11 is 0. The molecular weight excluding hydrogens is 446 g/mol. The summed E-state index contributed by atoms with van der Waals surface area (Å²) in [6.45, 7) is 5.53. The lowest BCUT2D eigenvalue weighted by atomic mass is 9.83. The second kappa shape index (κ2) is 9.38. The van der Waals surface area contributed by atoms with E-state index in [2.05, 4.69) is 5.32 Å². The number of fused-ring (bicyclic) bond motifs is 1. The lowest BCUT2D eigenvalue weighted by Crippen LogP contribution is -2.51. The third-order valence-electron chi connectivity index (χ3n) is 6.19. The highest BCUT2D eigenvalue weighted by molar-refractivity contribution is 7.92. The number of nitrogens with zero attached hydrogens (tertiary/aromatic N) is 2. The van der Waals surface area contributed by atoms with E-state index in [1.807, 2.05) is 38.1 Å². The number of carbonyl (C=O) groups is 1. The van der Waals surface area contributed by atoms with Crippen molar-refractivity contribution in [1.29, 1.82) is 0 Å². The second-order valence-corrected chi connectivity index (χ2v) is 10.2. The van der Waals surface area contributed by atoms with E-state index in [9.17, 15) is 23.3 Å². The summed E-state index contributed by atoms with van der Waals surface area (Å²) < 4.78 is 32.4. The first kappa shape index (κ1) is 24.5. The number of benzene rings is 2. The molecule has 2 aromatic rings. The molecule has 0 saturated carbocycles. The van der Waals surface area contributed by atoms with Crippen molar-refractivity contribution in [2.45, 2.75) is 57.7 Å². The molecule has 2 atom stereocenters. The molecule has 1 heterocycles. The Morgan fingerprint density at radius 1 is 1.24 bits per heavy atom. The molecule has 1 aliphatic heterocycles. The largest absolute Gasteiger partial charge is 0.487 e. The van der Waals surface area contributed by atoms with Crippen molar-refractivity contribution in [3.05, 3.63) is 64.2 Å². The minimum Gasteiger partial charge on any atom is -0.487 e. The Hall–Kier alpha value is -3.14. The van der Waals surface area contributed by atoms with Gasteiger partial charge in [-0.2, -0.15) is 0 Å². The van der Waals surface area contributed by atoms with Crippen molar-refractivity contribution in [3.63, 3.8) is 0 Å². The van der Waals surface area contributed by atoms with E-state index >= 15 is 0 Å². The number of rotatable bonds is 8. The van der Waals surface area contributed by atoms with Gasteiger partial charge in [-0.3, -0.25) is 19.2 Å². The van der Waals surface area contributed by atoms with E-state index in [1.165, 1.54) is 25.1 Å². The standard InChI is InChI=1S/C23H29N3O6S/c1-5-23(6-2)15-20(19-12-7-8-13-21(19)32-23)24-22(27)16(3)25(33(4,30)31)17-10-9-11-18(14-17)26(28)29/h7-14,16,20H,5-6,15H2,1-4H3,(H,24,27). The van der Waals surface area contributed by atoms with Crippen LogP contribution in [0.1, 0.15) is 51.6 Å². The smallest absolute Gasteiger partial charge is 0.271 e. The van der Waals surface area contributed by atoms with E-state index in [-0.39, 0.29) is 17.4 Å². The zero-order valence-corrected chi connectivity index (χ0v) is 20.0. The average Bonchev–Trinajstić information content (AvgIpc) is 2.78. The number of nitro benzene ring substituents is 1. The van der Waals surface area contributed by atoms with Crippen LogP contribution in [0.5, 0.6) is 5.75 Å². The SMILES string of the molecule is CCC1(CC)CC(NC(=O)C(C)N(c2cccc([N+](=O)[O-])c2)S(C)(=O)=O)c2ccccc2O1. The van der Waals surface area contributed by atoms with E-state index < -0.39 is 32.5 Å². The molecule has 10 heteroatoms. The first-order valence-electron chi connectivity index (χ1n) is 10.8. The molecule has 0 radical (unpaired) electrons. The minimum absolute atomic E-state index is 0.0539. The summed E-state index contributed by atoms with van der Waals surface area (Å²) in [5.74, 6) is 0.193. The molecule has 1 aliphatic rings. The highest BCUT2D eigenvalue weighted by Gasteiger charge is 2.40. The molecule has 0 aliphatic carbocycles. The van der Waals surface area contributed by atoms with Gasteiger partial charge in [-0.15, -0.1) is 0 Å². The molecule has 1 N–H and O–H groups in total. The van der Waals surface area contributed by atoms with Crippen molar-refractivity contribution >= 4 is 27.3 Å². The normalized spacial score (nSPS) is 17.9. The molecule has 0 aromatic heterocycles. The first-order chi connectivity index (χ1) is 15.5. The fraction of sp³-hybridized carbons (Fsp3) is 0.435. The van der Waals surface area contributed by atoms with Crippen LogP contribution in [-0.4, -0.2) is 37.1 Å². The zero-order chi connectivity index (χ0) is 24.4. The molecule has 2 unspecified atom stereocenters. The van der Waals surface area contributed by atoms with Crippen LogP contribution in [0.3, 0.4) is 0 Å². The maximum atomic E-state index is 13.3. The van der Waals surface area contributed by atoms with Gasteiger partial charge in [0.15, 0.2) is 0 Å². The fourth-order valence-corrected chi connectivity index (χ4v) is 5.44. The van der Waals surface area contributed by atoms with Crippen LogP contribution < -0.4 is 14.4 Å². The number of amides is 1. The number of hydrogen-bond acceptors (Lipinski definition) is 6. The summed E-state index contributed by atoms with van der Waals surface area (Å²) in [4.78, 5) is 23.9. The third-order valence-corrected chi connectivity index (χ3v) is 7.43. The number of para-hydroxylation sites is 1. The topological polar surface area (TPSA) is 119 Å². The van der Waals surface area contributed by atoms with Gasteiger partial charge in [0.05, 0.1) is 22.9 Å². The molecule has 178 valence electrons. The minimum atomic E-state index is -3.91. The van der Waals surface area contributed by atoms with Gasteiger partial charge in [-0.25, -0.2) is 8.42 Å². The van der Waals surface area contributed by atoms with Crippen LogP contribution in [0.15, 0.2) is 48.5 Å². The molecule has 0 saturated heterocycles. The van der Waals surface area contributed by atoms with Crippen LogP contribution in [0.25, 0.3) is 0 Å². The van der Waals surface area contributed by atoms with Gasteiger partial charge in [0.25, 0.3) is 5.69 Å². The number of nitrogens with one attached hydrogen (secondary N) is 1. The van der Waals surface area contributed by atoms with Gasteiger partial charge in [-0.1, -0.05) is 38.1 Å². The molecular formula is C23H29N3O6S. The molecule has 0 bridgehead atoms. The van der Waals surface area contributed by atoms with Crippen molar-refractivity contribution in [2.24, 2.45) is 0 Å². The van der Waals surface area contributed by atoms with Gasteiger partial charge in [0.1, 0.15) is 17.4 Å². The van der Waals surface area contributed by atoms with Gasteiger partial charge >= 0.3 is 0 Å². The maximum absolute atomic E-state index is 13.3. The van der Waals surface area contributed by atoms with Gasteiger partial charge in [0.2, 0.25) is 15.9 Å². The Kier molecular flexibility index (Phi) is 6.97. The lowest BCUT2D eigenvalue weighted by molar-refractivity contribution is -0.384. The third kappa shape index (κ3) is 5.11. The first-order valence-corrected chi connectivity index (χ1v) is 12.7. The van der Waals surface area contributed by atoms with E-state index in [4.69, 9.17) is 4.74 Å². The number of nitro groups is 1. The predicted octanol–water partition coefficient (Wildman–Crippen LogP) is 3.95. The Morgan fingerprint density at radius 2 is 1.91 bits per heavy atom. The summed E-state index contributed by atoms with van der Waals surface area (Å²) in [7, 11) is -3.91.